The van der Waals surface area contributed by atoms with Crippen molar-refractivity contribution in [1.29, 1.82) is 0 Å². The minimum Gasteiger partial charge on any atom is -0.389 e. The van der Waals surface area contributed by atoms with E-state index in [0.717, 1.165) is 32.2 Å². The van der Waals surface area contributed by atoms with E-state index in [-0.39, 0.29) is 5.91 Å². The SMILES string of the molecule is CNC(=O)C1(C)CN(CC2(O)CCCCC2)CCO1. The molecule has 2 fully saturated rings. The molecule has 5 nitrogen and oxygen atoms in total. The summed E-state index contributed by atoms with van der Waals surface area (Å²) in [6.45, 7) is 4.36. The molecule has 110 valence electrons. The fraction of sp³-hybridized carbons (Fsp3) is 0.929. The maximum Gasteiger partial charge on any atom is 0.253 e. The first-order valence-electron chi connectivity index (χ1n) is 7.28. The second-order valence-electron chi connectivity index (χ2n) is 6.15. The molecule has 2 N–H and O–H groups in total. The lowest BCUT2D eigenvalue weighted by molar-refractivity contribution is -0.160. The summed E-state index contributed by atoms with van der Waals surface area (Å²) in [5.74, 6) is -0.0900. The molecule has 2 aliphatic rings. The Hall–Kier alpha value is -0.650. The Kier molecular flexibility index (Phi) is 4.48. The summed E-state index contributed by atoms with van der Waals surface area (Å²) in [6, 6.07) is 0. The second kappa shape index (κ2) is 5.77. The Balaban J connectivity index is 1.95. The Morgan fingerprint density at radius 3 is 2.68 bits per heavy atom. The van der Waals surface area contributed by atoms with Crippen LogP contribution in [0.3, 0.4) is 0 Å². The predicted octanol–water partition coefficient (Wildman–Crippen LogP) is 0.518. The Morgan fingerprint density at radius 2 is 2.05 bits per heavy atom. The molecule has 1 unspecified atom stereocenters. The van der Waals surface area contributed by atoms with E-state index in [2.05, 4.69) is 10.2 Å². The molecular weight excluding hydrogens is 244 g/mol. The smallest absolute Gasteiger partial charge is 0.253 e. The lowest BCUT2D eigenvalue weighted by atomic mass is 9.84. The van der Waals surface area contributed by atoms with E-state index >= 15 is 0 Å². The topological polar surface area (TPSA) is 61.8 Å². The largest absolute Gasteiger partial charge is 0.389 e. The summed E-state index contributed by atoms with van der Waals surface area (Å²) in [4.78, 5) is 14.1. The number of β-amino-alcohol motifs (C(OH)–C–C–N with tert-alkyl or cyclic N) is 1. The molecule has 0 aromatic heterocycles. The number of carbonyl (C=O) groups is 1. The van der Waals surface area contributed by atoms with Gasteiger partial charge >= 0.3 is 0 Å². The van der Waals surface area contributed by atoms with Crippen LogP contribution in [0, 0.1) is 0 Å². The summed E-state index contributed by atoms with van der Waals surface area (Å²) in [5.41, 5.74) is -1.36. The molecule has 1 heterocycles. The highest BCUT2D eigenvalue weighted by atomic mass is 16.5. The second-order valence-corrected chi connectivity index (χ2v) is 6.15. The van der Waals surface area contributed by atoms with Gasteiger partial charge in [-0.1, -0.05) is 19.3 Å². The number of rotatable bonds is 3. The molecule has 5 heteroatoms. The maximum absolute atomic E-state index is 11.9. The van der Waals surface area contributed by atoms with Gasteiger partial charge in [-0.05, 0) is 19.8 Å². The molecule has 0 bridgehead atoms. The number of ether oxygens (including phenoxy) is 1. The Morgan fingerprint density at radius 1 is 1.37 bits per heavy atom. The summed E-state index contributed by atoms with van der Waals surface area (Å²) in [5, 5.41) is 13.3. The number of morpholine rings is 1. The van der Waals surface area contributed by atoms with Crippen LogP contribution < -0.4 is 5.32 Å². The van der Waals surface area contributed by atoms with E-state index < -0.39 is 11.2 Å². The molecule has 1 aliphatic carbocycles. The number of hydrogen-bond acceptors (Lipinski definition) is 4. The van der Waals surface area contributed by atoms with Crippen LogP contribution >= 0.6 is 0 Å². The monoisotopic (exact) mass is 270 g/mol. The lowest BCUT2D eigenvalue weighted by Gasteiger charge is -2.43. The van der Waals surface area contributed by atoms with Crippen molar-refractivity contribution >= 4 is 5.91 Å². The first-order valence-corrected chi connectivity index (χ1v) is 7.28. The normalized spacial score (nSPS) is 31.9. The van der Waals surface area contributed by atoms with Gasteiger partial charge in [0, 0.05) is 26.7 Å². The van der Waals surface area contributed by atoms with Crippen molar-refractivity contribution in [3.05, 3.63) is 0 Å². The zero-order chi connectivity index (χ0) is 13.9. The van der Waals surface area contributed by atoms with Gasteiger partial charge in [-0.3, -0.25) is 9.69 Å². The van der Waals surface area contributed by atoms with Gasteiger partial charge < -0.3 is 15.2 Å². The van der Waals surface area contributed by atoms with Crippen LogP contribution in [-0.2, 0) is 9.53 Å². The number of likely N-dealkylation sites (N-methyl/N-ethyl adjacent to an activating group) is 1. The standard InChI is InChI=1S/C14H26N2O3/c1-13(12(17)15-2)10-16(8-9-19-13)11-14(18)6-4-3-5-7-14/h18H,3-11H2,1-2H3,(H,15,17). The molecule has 2 rings (SSSR count). The lowest BCUT2D eigenvalue weighted by Crippen LogP contribution is -2.60. The zero-order valence-electron chi connectivity index (χ0n) is 12.1. The number of aliphatic hydroxyl groups is 1. The Labute approximate surface area is 115 Å². The van der Waals surface area contributed by atoms with E-state index in [1.54, 1.807) is 7.05 Å². The molecule has 0 radical (unpaired) electrons. The quantitative estimate of drug-likeness (QED) is 0.785. The molecule has 1 aliphatic heterocycles. The van der Waals surface area contributed by atoms with Crippen molar-refractivity contribution in [2.75, 3.05) is 33.3 Å². The highest BCUT2D eigenvalue weighted by Gasteiger charge is 2.41. The van der Waals surface area contributed by atoms with Gasteiger partial charge in [-0.2, -0.15) is 0 Å². The van der Waals surface area contributed by atoms with E-state index in [9.17, 15) is 9.90 Å². The molecule has 1 saturated heterocycles. The van der Waals surface area contributed by atoms with Crippen molar-refractivity contribution in [1.82, 2.24) is 10.2 Å². The van der Waals surface area contributed by atoms with Crippen LogP contribution in [0.2, 0.25) is 0 Å². The first-order chi connectivity index (χ1) is 8.97. The molecular formula is C14H26N2O3. The average molecular weight is 270 g/mol. The fourth-order valence-corrected chi connectivity index (χ4v) is 3.27. The zero-order valence-corrected chi connectivity index (χ0v) is 12.1. The minimum absolute atomic E-state index is 0.0900. The van der Waals surface area contributed by atoms with Crippen LogP contribution in [0.15, 0.2) is 0 Å². The van der Waals surface area contributed by atoms with E-state index in [1.165, 1.54) is 6.42 Å². The molecule has 1 amide bonds. The minimum atomic E-state index is -0.794. The van der Waals surface area contributed by atoms with E-state index in [1.807, 2.05) is 6.92 Å². The number of amides is 1. The highest BCUT2D eigenvalue weighted by molar-refractivity contribution is 5.84. The van der Waals surface area contributed by atoms with Gasteiger partial charge in [-0.15, -0.1) is 0 Å². The molecule has 1 saturated carbocycles. The molecule has 0 aromatic rings. The summed E-state index contributed by atoms with van der Waals surface area (Å²) >= 11 is 0. The molecule has 1 atom stereocenters. The van der Waals surface area contributed by atoms with Gasteiger partial charge in [0.05, 0.1) is 12.2 Å². The van der Waals surface area contributed by atoms with Gasteiger partial charge in [0.2, 0.25) is 0 Å². The first kappa shape index (κ1) is 14.8. The van der Waals surface area contributed by atoms with Gasteiger partial charge in [0.15, 0.2) is 5.60 Å². The number of nitrogens with zero attached hydrogens (tertiary/aromatic N) is 1. The number of nitrogens with one attached hydrogen (secondary N) is 1. The summed E-state index contributed by atoms with van der Waals surface area (Å²) in [7, 11) is 1.63. The summed E-state index contributed by atoms with van der Waals surface area (Å²) in [6.07, 6.45) is 5.19. The number of carbonyl (C=O) groups excluding carboxylic acids is 1. The van der Waals surface area contributed by atoms with Gasteiger partial charge in [0.25, 0.3) is 5.91 Å². The van der Waals surface area contributed by atoms with Crippen LogP contribution in [0.5, 0.6) is 0 Å². The maximum atomic E-state index is 11.9. The predicted molar refractivity (Wildman–Crippen MR) is 72.9 cm³/mol. The van der Waals surface area contributed by atoms with Crippen molar-refractivity contribution < 1.29 is 14.6 Å². The number of hydrogen-bond donors (Lipinski definition) is 2. The van der Waals surface area contributed by atoms with Crippen LogP contribution in [0.1, 0.15) is 39.0 Å². The molecule has 0 aromatic carbocycles. The van der Waals surface area contributed by atoms with Crippen molar-refractivity contribution in [3.8, 4) is 0 Å². The molecule has 0 spiro atoms. The van der Waals surface area contributed by atoms with Gasteiger partial charge in [0.1, 0.15) is 0 Å². The van der Waals surface area contributed by atoms with Crippen LogP contribution in [-0.4, -0.2) is 60.4 Å². The van der Waals surface area contributed by atoms with Crippen molar-refractivity contribution in [3.63, 3.8) is 0 Å². The van der Waals surface area contributed by atoms with Crippen molar-refractivity contribution in [2.24, 2.45) is 0 Å². The third kappa shape index (κ3) is 3.46. The molecule has 19 heavy (non-hydrogen) atoms. The highest BCUT2D eigenvalue weighted by Crippen LogP contribution is 2.30. The van der Waals surface area contributed by atoms with Crippen LogP contribution in [0.4, 0.5) is 0 Å². The van der Waals surface area contributed by atoms with Gasteiger partial charge in [-0.25, -0.2) is 0 Å². The third-order valence-electron chi connectivity index (χ3n) is 4.36. The Bertz CT molecular complexity index is 329. The van der Waals surface area contributed by atoms with Crippen molar-refractivity contribution in [2.45, 2.75) is 50.2 Å². The third-order valence-corrected chi connectivity index (χ3v) is 4.36. The van der Waals surface area contributed by atoms with E-state index in [4.69, 9.17) is 4.74 Å². The summed E-state index contributed by atoms with van der Waals surface area (Å²) < 4.78 is 5.64. The van der Waals surface area contributed by atoms with Crippen LogP contribution in [0.25, 0.3) is 0 Å². The fourth-order valence-electron chi connectivity index (χ4n) is 3.27. The average Bonchev–Trinajstić information content (AvgIpc) is 2.38. The van der Waals surface area contributed by atoms with E-state index in [0.29, 0.717) is 19.7 Å².